The van der Waals surface area contributed by atoms with Crippen LogP contribution in [0.4, 0.5) is 10.3 Å². The number of rotatable bonds is 11. The average molecular weight is 616 g/mol. The summed E-state index contributed by atoms with van der Waals surface area (Å²) in [5.74, 6) is 0.940. The molecule has 5 aromatic rings. The van der Waals surface area contributed by atoms with Crippen molar-refractivity contribution in [1.82, 2.24) is 19.4 Å². The molecule has 1 unspecified atom stereocenters. The fraction of sp³-hybridized carbons (Fsp3) is 0.333. The van der Waals surface area contributed by atoms with Crippen molar-refractivity contribution in [3.63, 3.8) is 0 Å². The Morgan fingerprint density at radius 1 is 0.761 bits per heavy atom. The first-order valence-corrected chi connectivity index (χ1v) is 16.6. The van der Waals surface area contributed by atoms with E-state index in [1.54, 1.807) is 0 Å². The summed E-state index contributed by atoms with van der Waals surface area (Å²) in [6, 6.07) is 36.1. The smallest absolute Gasteiger partial charge is 0.229 e. The minimum absolute atomic E-state index is 0.225. The number of amides is 1. The average Bonchev–Trinajstić information content (AvgIpc) is 3.58. The van der Waals surface area contributed by atoms with Crippen LogP contribution in [0.5, 0.6) is 0 Å². The quantitative estimate of drug-likeness (QED) is 0.172. The van der Waals surface area contributed by atoms with E-state index in [0.717, 1.165) is 80.8 Å². The second-order valence-electron chi connectivity index (χ2n) is 13.1. The number of fused-ring (bicyclic) bond motifs is 1. The molecule has 7 heteroatoms. The number of para-hydroxylation sites is 2. The molecule has 46 heavy (non-hydrogen) atoms. The van der Waals surface area contributed by atoms with Gasteiger partial charge in [-0.3, -0.25) is 4.79 Å². The van der Waals surface area contributed by atoms with E-state index in [1.807, 2.05) is 54.6 Å². The van der Waals surface area contributed by atoms with Crippen LogP contribution in [0.2, 0.25) is 0 Å². The van der Waals surface area contributed by atoms with Crippen molar-refractivity contribution in [2.75, 3.05) is 31.5 Å². The van der Waals surface area contributed by atoms with E-state index in [-0.39, 0.29) is 11.2 Å². The number of imidazole rings is 1. The van der Waals surface area contributed by atoms with Gasteiger partial charge in [-0.2, -0.15) is 0 Å². The van der Waals surface area contributed by atoms with Crippen molar-refractivity contribution in [1.29, 1.82) is 0 Å². The SMILES string of the molecule is O=C1N(Cc2ccccc2)CCC1(CCN1CCC(Nc2nc3ccccc3n2Cc2ccc(F)cc2)CC1)Cc1ccccc1. The van der Waals surface area contributed by atoms with Gasteiger partial charge in [-0.05, 0) is 79.6 Å². The number of likely N-dealkylation sites (tertiary alicyclic amines) is 2. The number of carbonyl (C=O) groups excluding carboxylic acids is 1. The van der Waals surface area contributed by atoms with Gasteiger partial charge in [-0.25, -0.2) is 9.37 Å². The van der Waals surface area contributed by atoms with Crippen LogP contribution in [0.3, 0.4) is 0 Å². The number of aromatic nitrogens is 2. The molecule has 0 saturated carbocycles. The topological polar surface area (TPSA) is 53.4 Å². The van der Waals surface area contributed by atoms with E-state index in [1.165, 1.54) is 23.3 Å². The predicted octanol–water partition coefficient (Wildman–Crippen LogP) is 7.15. The molecule has 4 aromatic carbocycles. The second-order valence-corrected chi connectivity index (χ2v) is 13.1. The lowest BCUT2D eigenvalue weighted by Crippen LogP contribution is -2.43. The standard InChI is InChI=1S/C39H42FN5O/c40-33-17-15-32(16-18-33)29-45-36-14-8-7-13-35(36)42-38(45)41-34-19-23-43(24-20-34)25-21-39(27-30-9-3-1-4-10-30)22-26-44(37(39)46)28-31-11-5-2-6-12-31/h1-18,34H,19-29H2,(H,41,42). The molecule has 0 bridgehead atoms. The lowest BCUT2D eigenvalue weighted by atomic mass is 9.77. The van der Waals surface area contributed by atoms with Gasteiger partial charge in [-0.1, -0.05) is 84.9 Å². The Labute approximate surface area is 270 Å². The first-order valence-electron chi connectivity index (χ1n) is 16.6. The number of carbonyl (C=O) groups is 1. The number of piperidine rings is 1. The van der Waals surface area contributed by atoms with Crippen LogP contribution in [-0.2, 0) is 24.3 Å². The summed E-state index contributed by atoms with van der Waals surface area (Å²) < 4.78 is 15.8. The molecule has 3 heterocycles. The lowest BCUT2D eigenvalue weighted by Gasteiger charge is -2.35. The molecule has 0 radical (unpaired) electrons. The molecule has 0 spiro atoms. The predicted molar refractivity (Wildman–Crippen MR) is 182 cm³/mol. The zero-order valence-corrected chi connectivity index (χ0v) is 26.3. The number of hydrogen-bond acceptors (Lipinski definition) is 4. The van der Waals surface area contributed by atoms with Crippen molar-refractivity contribution < 1.29 is 9.18 Å². The van der Waals surface area contributed by atoms with Crippen molar-refractivity contribution in [2.24, 2.45) is 5.41 Å². The third-order valence-electron chi connectivity index (χ3n) is 9.94. The summed E-state index contributed by atoms with van der Waals surface area (Å²) in [6.45, 7) is 5.01. The first kappa shape index (κ1) is 30.2. The van der Waals surface area contributed by atoms with Crippen LogP contribution in [0.25, 0.3) is 11.0 Å². The summed E-state index contributed by atoms with van der Waals surface area (Å²) in [5.41, 5.74) is 5.12. The normalized spacial score (nSPS) is 19.2. The number of nitrogens with one attached hydrogen (secondary N) is 1. The van der Waals surface area contributed by atoms with E-state index >= 15 is 0 Å². The van der Waals surface area contributed by atoms with Gasteiger partial charge in [0, 0.05) is 32.2 Å². The number of anilines is 1. The van der Waals surface area contributed by atoms with E-state index < -0.39 is 0 Å². The van der Waals surface area contributed by atoms with Gasteiger partial charge in [0.25, 0.3) is 0 Å². The zero-order valence-electron chi connectivity index (χ0n) is 26.3. The van der Waals surface area contributed by atoms with E-state index in [9.17, 15) is 9.18 Å². The molecule has 7 rings (SSSR count). The molecule has 236 valence electrons. The van der Waals surface area contributed by atoms with Gasteiger partial charge in [-0.15, -0.1) is 0 Å². The number of halogens is 1. The molecular formula is C39H42FN5O. The van der Waals surface area contributed by atoms with Gasteiger partial charge >= 0.3 is 0 Å². The Morgan fingerprint density at radius 2 is 1.41 bits per heavy atom. The number of benzene rings is 4. The maximum Gasteiger partial charge on any atom is 0.229 e. The Morgan fingerprint density at radius 3 is 2.15 bits per heavy atom. The third kappa shape index (κ3) is 6.70. The maximum absolute atomic E-state index is 14.1. The Bertz CT molecular complexity index is 1750. The Balaban J connectivity index is 1.000. The summed E-state index contributed by atoms with van der Waals surface area (Å²) in [7, 11) is 0. The number of hydrogen-bond donors (Lipinski definition) is 1. The van der Waals surface area contributed by atoms with Crippen LogP contribution in [0.1, 0.15) is 42.4 Å². The largest absolute Gasteiger partial charge is 0.353 e. The molecule has 2 aliphatic heterocycles. The molecule has 1 aromatic heterocycles. The minimum Gasteiger partial charge on any atom is -0.353 e. The Kier molecular flexibility index (Phi) is 8.84. The first-order chi connectivity index (χ1) is 22.5. The van der Waals surface area contributed by atoms with Crippen molar-refractivity contribution >= 4 is 22.9 Å². The van der Waals surface area contributed by atoms with Gasteiger partial charge < -0.3 is 19.7 Å². The highest BCUT2D eigenvalue weighted by atomic mass is 19.1. The van der Waals surface area contributed by atoms with E-state index in [2.05, 4.69) is 62.1 Å². The highest BCUT2D eigenvalue weighted by Gasteiger charge is 2.46. The molecule has 6 nitrogen and oxygen atoms in total. The second kappa shape index (κ2) is 13.5. The summed E-state index contributed by atoms with van der Waals surface area (Å²) in [5, 5.41) is 3.75. The highest BCUT2D eigenvalue weighted by Crippen LogP contribution is 2.40. The van der Waals surface area contributed by atoms with E-state index in [4.69, 9.17) is 4.98 Å². The van der Waals surface area contributed by atoms with Crippen LogP contribution >= 0.6 is 0 Å². The van der Waals surface area contributed by atoms with Crippen molar-refractivity contribution in [3.05, 3.63) is 132 Å². The maximum atomic E-state index is 14.1. The highest BCUT2D eigenvalue weighted by molar-refractivity contribution is 5.85. The fourth-order valence-corrected chi connectivity index (χ4v) is 7.29. The summed E-state index contributed by atoms with van der Waals surface area (Å²) in [6.07, 6.45) is 4.59. The van der Waals surface area contributed by atoms with Gasteiger partial charge in [0.15, 0.2) is 0 Å². The van der Waals surface area contributed by atoms with Gasteiger partial charge in [0.05, 0.1) is 23.0 Å². The molecule has 2 fully saturated rings. The third-order valence-corrected chi connectivity index (χ3v) is 9.94. The van der Waals surface area contributed by atoms with Crippen molar-refractivity contribution in [3.8, 4) is 0 Å². The fourth-order valence-electron chi connectivity index (χ4n) is 7.29. The van der Waals surface area contributed by atoms with Gasteiger partial charge in [0.2, 0.25) is 11.9 Å². The summed E-state index contributed by atoms with van der Waals surface area (Å²) >= 11 is 0. The van der Waals surface area contributed by atoms with Crippen LogP contribution in [0.15, 0.2) is 109 Å². The number of nitrogens with zero attached hydrogens (tertiary/aromatic N) is 4. The monoisotopic (exact) mass is 615 g/mol. The van der Waals surface area contributed by atoms with E-state index in [0.29, 0.717) is 25.0 Å². The van der Waals surface area contributed by atoms with Crippen LogP contribution in [-0.4, -0.2) is 57.5 Å². The van der Waals surface area contributed by atoms with Gasteiger partial charge in [0.1, 0.15) is 5.82 Å². The van der Waals surface area contributed by atoms with Crippen LogP contribution in [0, 0.1) is 11.2 Å². The van der Waals surface area contributed by atoms with Crippen molar-refractivity contribution in [2.45, 2.75) is 51.2 Å². The van der Waals surface area contributed by atoms with Crippen LogP contribution < -0.4 is 5.32 Å². The molecule has 2 aliphatic rings. The lowest BCUT2D eigenvalue weighted by molar-refractivity contribution is -0.137. The molecular weight excluding hydrogens is 573 g/mol. The zero-order chi connectivity index (χ0) is 31.3. The molecule has 1 atom stereocenters. The summed E-state index contributed by atoms with van der Waals surface area (Å²) in [4.78, 5) is 23.6. The molecule has 2 saturated heterocycles. The minimum atomic E-state index is -0.365. The molecule has 1 amide bonds. The molecule has 1 N–H and O–H groups in total. The molecule has 0 aliphatic carbocycles. The Hall–Kier alpha value is -4.49.